The number of rotatable bonds is 4. The lowest BCUT2D eigenvalue weighted by Gasteiger charge is -2.21. The van der Waals surface area contributed by atoms with E-state index >= 15 is 0 Å². The molecule has 132 valence electrons. The highest BCUT2D eigenvalue weighted by atomic mass is 19.1. The second-order valence-corrected chi connectivity index (χ2v) is 6.14. The van der Waals surface area contributed by atoms with E-state index in [1.165, 1.54) is 36.4 Å². The number of carboxylic acid groups (broad SMARTS) is 1. The van der Waals surface area contributed by atoms with E-state index in [1.807, 2.05) is 0 Å². The number of benzene rings is 2. The van der Waals surface area contributed by atoms with Crippen LogP contribution in [0.2, 0.25) is 0 Å². The molecule has 6 nitrogen and oxygen atoms in total. The summed E-state index contributed by atoms with van der Waals surface area (Å²) in [7, 11) is 0. The Hall–Kier alpha value is -3.09. The maximum atomic E-state index is 13.8. The predicted octanol–water partition coefficient (Wildman–Crippen LogP) is 4.66. The van der Waals surface area contributed by atoms with E-state index in [1.54, 1.807) is 26.8 Å². The predicted molar refractivity (Wildman–Crippen MR) is 89.7 cm³/mol. The molecular weight excluding hydrogens is 329 g/mol. The van der Waals surface area contributed by atoms with Gasteiger partial charge in [-0.15, -0.1) is 0 Å². The zero-order chi connectivity index (χ0) is 18.6. The SMILES string of the molecule is CC(C)(C)OC(=O)Nc1c(Oc2ccccc2F)cccc1C(=O)O. The van der Waals surface area contributed by atoms with Crippen molar-refractivity contribution in [2.24, 2.45) is 0 Å². The van der Waals surface area contributed by atoms with Gasteiger partial charge in [-0.05, 0) is 45.0 Å². The first-order valence-corrected chi connectivity index (χ1v) is 7.46. The van der Waals surface area contributed by atoms with Crippen LogP contribution in [0.15, 0.2) is 42.5 Å². The summed E-state index contributed by atoms with van der Waals surface area (Å²) in [6.07, 6.45) is -0.848. The number of carboxylic acids is 1. The van der Waals surface area contributed by atoms with E-state index in [0.29, 0.717) is 0 Å². The molecule has 0 radical (unpaired) electrons. The fourth-order valence-electron chi connectivity index (χ4n) is 1.97. The summed E-state index contributed by atoms with van der Waals surface area (Å²) in [6.45, 7) is 5.02. The molecule has 2 aromatic carbocycles. The van der Waals surface area contributed by atoms with Gasteiger partial charge in [0.1, 0.15) is 11.3 Å². The zero-order valence-corrected chi connectivity index (χ0v) is 14.0. The largest absolute Gasteiger partial charge is 0.478 e. The quantitative estimate of drug-likeness (QED) is 0.840. The van der Waals surface area contributed by atoms with Crippen LogP contribution >= 0.6 is 0 Å². The van der Waals surface area contributed by atoms with E-state index in [-0.39, 0.29) is 22.7 Å². The Labute approximate surface area is 144 Å². The zero-order valence-electron chi connectivity index (χ0n) is 14.0. The Balaban J connectivity index is 2.39. The molecule has 2 aromatic rings. The van der Waals surface area contributed by atoms with Gasteiger partial charge in [-0.2, -0.15) is 0 Å². The molecule has 0 heterocycles. The van der Waals surface area contributed by atoms with Crippen molar-refractivity contribution in [3.63, 3.8) is 0 Å². The summed E-state index contributed by atoms with van der Waals surface area (Å²) in [6, 6.07) is 9.81. The molecule has 1 amide bonds. The molecule has 0 aromatic heterocycles. The molecule has 0 aliphatic heterocycles. The van der Waals surface area contributed by atoms with Gasteiger partial charge in [-0.3, -0.25) is 5.32 Å². The lowest BCUT2D eigenvalue weighted by atomic mass is 10.1. The number of amides is 1. The Morgan fingerprint density at radius 2 is 1.68 bits per heavy atom. The number of carbonyl (C=O) groups excluding carboxylic acids is 1. The molecule has 0 unspecified atom stereocenters. The summed E-state index contributed by atoms with van der Waals surface area (Å²) in [5, 5.41) is 11.7. The number of hydrogen-bond acceptors (Lipinski definition) is 4. The molecule has 25 heavy (non-hydrogen) atoms. The highest BCUT2D eigenvalue weighted by Crippen LogP contribution is 2.34. The third-order valence-corrected chi connectivity index (χ3v) is 2.94. The van der Waals surface area contributed by atoms with E-state index < -0.39 is 23.5 Å². The van der Waals surface area contributed by atoms with Crippen LogP contribution in [0.5, 0.6) is 11.5 Å². The number of carbonyl (C=O) groups is 2. The summed E-state index contributed by atoms with van der Waals surface area (Å²) in [5.41, 5.74) is -1.10. The van der Waals surface area contributed by atoms with Crippen molar-refractivity contribution >= 4 is 17.7 Å². The average molecular weight is 347 g/mol. The summed E-state index contributed by atoms with van der Waals surface area (Å²) in [4.78, 5) is 23.5. The van der Waals surface area contributed by atoms with Crippen molar-refractivity contribution in [3.8, 4) is 11.5 Å². The molecule has 0 saturated heterocycles. The van der Waals surface area contributed by atoms with Gasteiger partial charge in [-0.25, -0.2) is 14.0 Å². The van der Waals surface area contributed by atoms with Gasteiger partial charge in [0, 0.05) is 0 Å². The van der Waals surface area contributed by atoms with Crippen LogP contribution < -0.4 is 10.1 Å². The second-order valence-electron chi connectivity index (χ2n) is 6.14. The van der Waals surface area contributed by atoms with Gasteiger partial charge in [0.05, 0.1) is 5.56 Å². The van der Waals surface area contributed by atoms with Gasteiger partial charge in [0.15, 0.2) is 17.3 Å². The Kier molecular flexibility index (Phi) is 5.26. The highest BCUT2D eigenvalue weighted by molar-refractivity contribution is 6.00. The number of para-hydroxylation sites is 2. The molecule has 0 atom stereocenters. The van der Waals surface area contributed by atoms with Gasteiger partial charge in [0.25, 0.3) is 0 Å². The van der Waals surface area contributed by atoms with Crippen molar-refractivity contribution in [2.75, 3.05) is 5.32 Å². The number of anilines is 1. The third kappa shape index (κ3) is 4.94. The molecule has 7 heteroatoms. The van der Waals surface area contributed by atoms with E-state index in [0.717, 1.165) is 0 Å². The summed E-state index contributed by atoms with van der Waals surface area (Å²) >= 11 is 0. The fourth-order valence-corrected chi connectivity index (χ4v) is 1.97. The molecule has 0 fully saturated rings. The Bertz CT molecular complexity index is 798. The Morgan fingerprint density at radius 3 is 2.28 bits per heavy atom. The molecule has 0 spiro atoms. The van der Waals surface area contributed by atoms with Crippen LogP contribution in [0.4, 0.5) is 14.9 Å². The lowest BCUT2D eigenvalue weighted by Crippen LogP contribution is -2.28. The standard InChI is InChI=1S/C18H18FNO5/c1-18(2,3)25-17(23)20-15-11(16(21)22)7-6-10-14(15)24-13-9-5-4-8-12(13)19/h4-10H,1-3H3,(H,20,23)(H,21,22). The number of hydrogen-bond donors (Lipinski definition) is 2. The highest BCUT2D eigenvalue weighted by Gasteiger charge is 2.22. The van der Waals surface area contributed by atoms with Crippen molar-refractivity contribution < 1.29 is 28.6 Å². The maximum absolute atomic E-state index is 13.8. The lowest BCUT2D eigenvalue weighted by molar-refractivity contribution is 0.0635. The Morgan fingerprint density at radius 1 is 1.04 bits per heavy atom. The number of aromatic carboxylic acids is 1. The molecular formula is C18H18FNO5. The maximum Gasteiger partial charge on any atom is 0.412 e. The molecule has 0 bridgehead atoms. The van der Waals surface area contributed by atoms with Crippen LogP contribution in [0.3, 0.4) is 0 Å². The average Bonchev–Trinajstić information content (AvgIpc) is 2.49. The molecule has 0 saturated carbocycles. The number of halogens is 1. The normalized spacial score (nSPS) is 10.9. The van der Waals surface area contributed by atoms with Crippen LogP contribution in [0.1, 0.15) is 31.1 Å². The van der Waals surface area contributed by atoms with Crippen LogP contribution in [-0.4, -0.2) is 22.8 Å². The molecule has 0 aliphatic carbocycles. The van der Waals surface area contributed by atoms with Crippen molar-refractivity contribution in [1.82, 2.24) is 0 Å². The van der Waals surface area contributed by atoms with Crippen LogP contribution in [0, 0.1) is 5.82 Å². The van der Waals surface area contributed by atoms with Crippen LogP contribution in [0.25, 0.3) is 0 Å². The topological polar surface area (TPSA) is 84.9 Å². The first-order chi connectivity index (χ1) is 11.7. The van der Waals surface area contributed by atoms with Gasteiger partial charge in [-0.1, -0.05) is 18.2 Å². The minimum Gasteiger partial charge on any atom is -0.478 e. The van der Waals surface area contributed by atoms with E-state index in [2.05, 4.69) is 5.32 Å². The second kappa shape index (κ2) is 7.21. The van der Waals surface area contributed by atoms with Crippen LogP contribution in [-0.2, 0) is 4.74 Å². The van der Waals surface area contributed by atoms with E-state index in [9.17, 15) is 19.1 Å². The van der Waals surface area contributed by atoms with Gasteiger partial charge >= 0.3 is 12.1 Å². The number of nitrogens with one attached hydrogen (secondary N) is 1. The molecule has 2 N–H and O–H groups in total. The number of ether oxygens (including phenoxy) is 2. The monoisotopic (exact) mass is 347 g/mol. The smallest absolute Gasteiger partial charge is 0.412 e. The minimum absolute atomic E-state index is 0.0177. The fraction of sp³-hybridized carbons (Fsp3) is 0.222. The molecule has 2 rings (SSSR count). The van der Waals surface area contributed by atoms with Crippen molar-refractivity contribution in [2.45, 2.75) is 26.4 Å². The molecule has 0 aliphatic rings. The minimum atomic E-state index is -1.27. The van der Waals surface area contributed by atoms with Gasteiger partial charge in [0.2, 0.25) is 0 Å². The van der Waals surface area contributed by atoms with Crippen molar-refractivity contribution in [3.05, 3.63) is 53.8 Å². The first-order valence-electron chi connectivity index (χ1n) is 7.46. The summed E-state index contributed by atoms with van der Waals surface area (Å²) < 4.78 is 24.4. The van der Waals surface area contributed by atoms with Crippen molar-refractivity contribution in [1.29, 1.82) is 0 Å². The van der Waals surface area contributed by atoms with E-state index in [4.69, 9.17) is 9.47 Å². The first kappa shape index (κ1) is 18.3. The third-order valence-electron chi connectivity index (χ3n) is 2.94. The summed E-state index contributed by atoms with van der Waals surface area (Å²) in [5.74, 6) is -2.01. The van der Waals surface area contributed by atoms with Gasteiger partial charge < -0.3 is 14.6 Å².